The standard InChI is InChI=1S/C21H23N3O2/c1-15(2)14-19(21(26)23-13-12-22)24-20(25)18-10-8-17(9-11-18)16-6-4-3-5-7-16/h3-11,15,19H,13-14H2,1-2H3,(H,23,26)(H,24,25). The number of nitriles is 1. The van der Waals surface area contributed by atoms with Crippen molar-refractivity contribution >= 4 is 11.8 Å². The monoisotopic (exact) mass is 349 g/mol. The molecule has 0 fully saturated rings. The van der Waals surface area contributed by atoms with Gasteiger partial charge in [-0.1, -0.05) is 56.3 Å². The highest BCUT2D eigenvalue weighted by Gasteiger charge is 2.22. The van der Waals surface area contributed by atoms with Crippen molar-refractivity contribution in [2.75, 3.05) is 6.54 Å². The Bertz CT molecular complexity index is 777. The molecule has 5 nitrogen and oxygen atoms in total. The van der Waals surface area contributed by atoms with Crippen LogP contribution in [0.25, 0.3) is 11.1 Å². The smallest absolute Gasteiger partial charge is 0.251 e. The number of carbonyl (C=O) groups excluding carboxylic acids is 2. The fraction of sp³-hybridized carbons (Fsp3) is 0.286. The lowest BCUT2D eigenvalue weighted by molar-refractivity contribution is -0.123. The van der Waals surface area contributed by atoms with E-state index >= 15 is 0 Å². The molecule has 2 aromatic rings. The maximum atomic E-state index is 12.5. The highest BCUT2D eigenvalue weighted by atomic mass is 16.2. The molecule has 26 heavy (non-hydrogen) atoms. The van der Waals surface area contributed by atoms with Crippen LogP contribution in [0.15, 0.2) is 54.6 Å². The summed E-state index contributed by atoms with van der Waals surface area (Å²) in [5.74, 6) is -0.412. The molecule has 0 saturated heterocycles. The van der Waals surface area contributed by atoms with Gasteiger partial charge in [0.05, 0.1) is 6.07 Å². The second-order valence-electron chi connectivity index (χ2n) is 6.47. The Hall–Kier alpha value is -3.13. The van der Waals surface area contributed by atoms with Crippen molar-refractivity contribution in [3.05, 3.63) is 60.2 Å². The van der Waals surface area contributed by atoms with Gasteiger partial charge < -0.3 is 10.6 Å². The Labute approximate surface area is 154 Å². The van der Waals surface area contributed by atoms with E-state index in [-0.39, 0.29) is 24.3 Å². The first-order valence-electron chi connectivity index (χ1n) is 8.62. The molecule has 2 rings (SSSR count). The van der Waals surface area contributed by atoms with Crippen LogP contribution in [0.4, 0.5) is 0 Å². The van der Waals surface area contributed by atoms with Crippen molar-refractivity contribution in [1.29, 1.82) is 5.26 Å². The number of rotatable bonds is 7. The first-order chi connectivity index (χ1) is 12.5. The van der Waals surface area contributed by atoms with E-state index in [1.807, 2.05) is 62.4 Å². The summed E-state index contributed by atoms with van der Waals surface area (Å²) in [5.41, 5.74) is 2.59. The lowest BCUT2D eigenvalue weighted by Gasteiger charge is -2.19. The van der Waals surface area contributed by atoms with Crippen LogP contribution in [0.5, 0.6) is 0 Å². The zero-order valence-corrected chi connectivity index (χ0v) is 15.0. The largest absolute Gasteiger partial charge is 0.341 e. The van der Waals surface area contributed by atoms with Gasteiger partial charge in [0.15, 0.2) is 0 Å². The van der Waals surface area contributed by atoms with Crippen LogP contribution in [0.3, 0.4) is 0 Å². The van der Waals surface area contributed by atoms with Gasteiger partial charge in [-0.25, -0.2) is 0 Å². The molecule has 0 radical (unpaired) electrons. The Morgan fingerprint density at radius 2 is 1.62 bits per heavy atom. The zero-order valence-electron chi connectivity index (χ0n) is 15.0. The average molecular weight is 349 g/mol. The first kappa shape index (κ1) is 19.2. The van der Waals surface area contributed by atoms with Crippen LogP contribution in [0, 0.1) is 17.2 Å². The van der Waals surface area contributed by atoms with Crippen molar-refractivity contribution in [2.24, 2.45) is 5.92 Å². The van der Waals surface area contributed by atoms with Gasteiger partial charge in [0, 0.05) is 5.56 Å². The van der Waals surface area contributed by atoms with Crippen LogP contribution in [0.2, 0.25) is 0 Å². The summed E-state index contributed by atoms with van der Waals surface area (Å²) >= 11 is 0. The highest BCUT2D eigenvalue weighted by Crippen LogP contribution is 2.19. The fourth-order valence-corrected chi connectivity index (χ4v) is 2.64. The molecule has 2 aromatic carbocycles. The molecule has 0 aromatic heterocycles. The molecule has 5 heteroatoms. The molecular weight excluding hydrogens is 326 g/mol. The maximum absolute atomic E-state index is 12.5. The van der Waals surface area contributed by atoms with E-state index in [1.165, 1.54) is 0 Å². The van der Waals surface area contributed by atoms with Gasteiger partial charge in [-0.3, -0.25) is 9.59 Å². The fourth-order valence-electron chi connectivity index (χ4n) is 2.64. The van der Waals surface area contributed by atoms with E-state index in [0.29, 0.717) is 12.0 Å². The van der Waals surface area contributed by atoms with Crippen molar-refractivity contribution in [3.8, 4) is 17.2 Å². The van der Waals surface area contributed by atoms with Crippen molar-refractivity contribution < 1.29 is 9.59 Å². The zero-order chi connectivity index (χ0) is 18.9. The Morgan fingerprint density at radius 3 is 2.19 bits per heavy atom. The van der Waals surface area contributed by atoms with Gasteiger partial charge in [-0.15, -0.1) is 0 Å². The maximum Gasteiger partial charge on any atom is 0.251 e. The quantitative estimate of drug-likeness (QED) is 0.754. The second-order valence-corrected chi connectivity index (χ2v) is 6.47. The molecule has 134 valence electrons. The van der Waals surface area contributed by atoms with E-state index in [2.05, 4.69) is 10.6 Å². The molecule has 2 N–H and O–H groups in total. The normalized spacial score (nSPS) is 11.5. The molecule has 0 aliphatic rings. The summed E-state index contributed by atoms with van der Waals surface area (Å²) in [6.07, 6.45) is 0.505. The van der Waals surface area contributed by atoms with Crippen molar-refractivity contribution in [2.45, 2.75) is 26.3 Å². The number of nitrogens with one attached hydrogen (secondary N) is 2. The predicted molar refractivity (Wildman–Crippen MR) is 101 cm³/mol. The highest BCUT2D eigenvalue weighted by molar-refractivity contribution is 5.97. The molecule has 0 spiro atoms. The molecule has 0 saturated carbocycles. The number of carbonyl (C=O) groups is 2. The summed E-state index contributed by atoms with van der Waals surface area (Å²) in [5, 5.41) is 13.9. The third-order valence-corrected chi connectivity index (χ3v) is 3.92. The van der Waals surface area contributed by atoms with Crippen LogP contribution in [0.1, 0.15) is 30.6 Å². The van der Waals surface area contributed by atoms with Crippen LogP contribution < -0.4 is 10.6 Å². The minimum absolute atomic E-state index is 0.0743. The average Bonchev–Trinajstić information content (AvgIpc) is 2.66. The Kier molecular flexibility index (Phi) is 6.92. The summed E-state index contributed by atoms with van der Waals surface area (Å²) in [4.78, 5) is 24.7. The SMILES string of the molecule is CC(C)CC(NC(=O)c1ccc(-c2ccccc2)cc1)C(=O)NCC#N. The summed E-state index contributed by atoms with van der Waals surface area (Å²) in [7, 11) is 0. The van der Waals surface area contributed by atoms with Crippen LogP contribution in [-0.2, 0) is 4.79 Å². The lowest BCUT2D eigenvalue weighted by Crippen LogP contribution is -2.47. The number of hydrogen-bond acceptors (Lipinski definition) is 3. The topological polar surface area (TPSA) is 82.0 Å². The number of amides is 2. The van der Waals surface area contributed by atoms with E-state index in [0.717, 1.165) is 11.1 Å². The van der Waals surface area contributed by atoms with E-state index in [9.17, 15) is 9.59 Å². The minimum atomic E-state index is -0.662. The van der Waals surface area contributed by atoms with Gasteiger partial charge >= 0.3 is 0 Å². The number of hydrogen-bond donors (Lipinski definition) is 2. The molecule has 1 unspecified atom stereocenters. The Balaban J connectivity index is 2.08. The van der Waals surface area contributed by atoms with Crippen molar-refractivity contribution in [1.82, 2.24) is 10.6 Å². The van der Waals surface area contributed by atoms with Gasteiger partial charge in [0.2, 0.25) is 5.91 Å². The predicted octanol–water partition coefficient (Wildman–Crippen LogP) is 3.14. The van der Waals surface area contributed by atoms with E-state index < -0.39 is 6.04 Å². The molecule has 2 amide bonds. The molecule has 0 aliphatic heterocycles. The first-order valence-corrected chi connectivity index (χ1v) is 8.62. The molecule has 1 atom stereocenters. The molecule has 0 aliphatic carbocycles. The van der Waals surface area contributed by atoms with Gasteiger partial charge in [-0.05, 0) is 35.6 Å². The molecule has 0 bridgehead atoms. The number of nitrogens with zero attached hydrogens (tertiary/aromatic N) is 1. The third-order valence-electron chi connectivity index (χ3n) is 3.92. The van der Waals surface area contributed by atoms with Crippen LogP contribution in [-0.4, -0.2) is 24.4 Å². The van der Waals surface area contributed by atoms with Gasteiger partial charge in [-0.2, -0.15) is 5.26 Å². The number of benzene rings is 2. The van der Waals surface area contributed by atoms with E-state index in [1.54, 1.807) is 12.1 Å². The van der Waals surface area contributed by atoms with Crippen LogP contribution >= 0.6 is 0 Å². The van der Waals surface area contributed by atoms with Gasteiger partial charge in [0.1, 0.15) is 12.6 Å². The van der Waals surface area contributed by atoms with Gasteiger partial charge in [0.25, 0.3) is 5.91 Å². The summed E-state index contributed by atoms with van der Waals surface area (Å²) in [6.45, 7) is 3.88. The summed E-state index contributed by atoms with van der Waals surface area (Å²) in [6, 6.07) is 18.4. The molecule has 0 heterocycles. The third kappa shape index (κ3) is 5.45. The van der Waals surface area contributed by atoms with Crippen molar-refractivity contribution in [3.63, 3.8) is 0 Å². The molecular formula is C21H23N3O2. The lowest BCUT2D eigenvalue weighted by atomic mass is 10.0. The summed E-state index contributed by atoms with van der Waals surface area (Å²) < 4.78 is 0. The van der Waals surface area contributed by atoms with E-state index in [4.69, 9.17) is 5.26 Å². The Morgan fingerprint density at radius 1 is 1.00 bits per heavy atom. The second kappa shape index (κ2) is 9.38. The minimum Gasteiger partial charge on any atom is -0.341 e.